The fourth-order valence-corrected chi connectivity index (χ4v) is 3.91. The summed E-state index contributed by atoms with van der Waals surface area (Å²) < 4.78 is 0. The molecule has 1 aliphatic carbocycles. The van der Waals surface area contributed by atoms with Gasteiger partial charge in [0.2, 0.25) is 5.91 Å². The minimum Gasteiger partial charge on any atom is -0.342 e. The van der Waals surface area contributed by atoms with Crippen LogP contribution in [0.4, 0.5) is 0 Å². The van der Waals surface area contributed by atoms with E-state index < -0.39 is 0 Å². The largest absolute Gasteiger partial charge is 0.342 e. The number of nitrogens with zero attached hydrogens (tertiary/aromatic N) is 4. The molecule has 0 radical (unpaired) electrons. The van der Waals surface area contributed by atoms with E-state index in [4.69, 9.17) is 4.98 Å². The molecule has 2 fully saturated rings. The molecule has 6 heteroatoms. The summed E-state index contributed by atoms with van der Waals surface area (Å²) in [5.74, 6) is 2.93. The second-order valence-electron chi connectivity index (χ2n) is 7.83. The van der Waals surface area contributed by atoms with E-state index in [2.05, 4.69) is 19.9 Å². The van der Waals surface area contributed by atoms with Crippen molar-refractivity contribution in [2.45, 2.75) is 52.4 Å². The molecule has 0 unspecified atom stereocenters. The Morgan fingerprint density at radius 2 is 1.96 bits per heavy atom. The molecule has 2 aliphatic rings. The van der Waals surface area contributed by atoms with Crippen molar-refractivity contribution < 1.29 is 4.79 Å². The lowest BCUT2D eigenvalue weighted by atomic mass is 9.83. The quantitative estimate of drug-likeness (QED) is 0.917. The van der Waals surface area contributed by atoms with Gasteiger partial charge in [0.1, 0.15) is 11.5 Å². The maximum absolute atomic E-state index is 12.4. The molecule has 26 heavy (non-hydrogen) atoms. The van der Waals surface area contributed by atoms with E-state index in [9.17, 15) is 4.79 Å². The smallest absolute Gasteiger partial charge is 0.225 e. The van der Waals surface area contributed by atoms with E-state index in [-0.39, 0.29) is 0 Å². The van der Waals surface area contributed by atoms with Crippen LogP contribution in [0.3, 0.4) is 0 Å². The Morgan fingerprint density at radius 1 is 1.19 bits per heavy atom. The van der Waals surface area contributed by atoms with Gasteiger partial charge in [0.25, 0.3) is 0 Å². The highest BCUT2D eigenvalue weighted by molar-refractivity contribution is 5.79. The van der Waals surface area contributed by atoms with Crippen LogP contribution in [0, 0.1) is 25.7 Å². The number of hydrogen-bond acceptors (Lipinski definition) is 4. The van der Waals surface area contributed by atoms with Crippen molar-refractivity contribution in [3.05, 3.63) is 29.5 Å². The average molecular weight is 353 g/mol. The molecular weight excluding hydrogens is 326 g/mol. The molecule has 2 aromatic rings. The third-order valence-electron chi connectivity index (χ3n) is 5.70. The number of carbonyl (C=O) groups excluding carboxylic acids is 1. The zero-order valence-corrected chi connectivity index (χ0v) is 15.7. The number of rotatable bonds is 4. The van der Waals surface area contributed by atoms with E-state index in [0.29, 0.717) is 17.7 Å². The van der Waals surface area contributed by atoms with E-state index in [0.717, 1.165) is 73.9 Å². The first kappa shape index (κ1) is 17.2. The minimum absolute atomic E-state index is 0.311. The first-order chi connectivity index (χ1) is 12.6. The van der Waals surface area contributed by atoms with Gasteiger partial charge in [-0.1, -0.05) is 6.42 Å². The van der Waals surface area contributed by atoms with Crippen molar-refractivity contribution in [2.75, 3.05) is 13.1 Å². The Bertz CT molecular complexity index is 787. The molecule has 2 aromatic heterocycles. The van der Waals surface area contributed by atoms with Crippen LogP contribution in [0.15, 0.2) is 12.3 Å². The van der Waals surface area contributed by atoms with E-state index in [1.54, 1.807) is 0 Å². The average Bonchev–Trinajstić information content (AvgIpc) is 3.00. The molecule has 3 heterocycles. The number of piperidine rings is 1. The van der Waals surface area contributed by atoms with Crippen LogP contribution in [0.5, 0.6) is 0 Å². The summed E-state index contributed by atoms with van der Waals surface area (Å²) in [6, 6.07) is 1.97. The molecule has 138 valence electrons. The highest BCUT2D eigenvalue weighted by Crippen LogP contribution is 2.30. The minimum atomic E-state index is 0.311. The second-order valence-corrected chi connectivity index (χ2v) is 7.83. The van der Waals surface area contributed by atoms with Crippen LogP contribution in [-0.4, -0.2) is 43.8 Å². The predicted octanol–water partition coefficient (Wildman–Crippen LogP) is 3.06. The lowest BCUT2D eigenvalue weighted by molar-refractivity contribution is -0.139. The van der Waals surface area contributed by atoms with Crippen molar-refractivity contribution in [1.82, 2.24) is 24.8 Å². The van der Waals surface area contributed by atoms with Crippen LogP contribution in [-0.2, 0) is 11.2 Å². The number of aromatic nitrogens is 4. The number of nitrogens with one attached hydrogen (secondary N) is 1. The molecule has 4 rings (SSSR count). The molecule has 6 nitrogen and oxygen atoms in total. The van der Waals surface area contributed by atoms with Crippen molar-refractivity contribution in [3.8, 4) is 11.5 Å². The molecule has 1 saturated heterocycles. The fourth-order valence-electron chi connectivity index (χ4n) is 3.91. The summed E-state index contributed by atoms with van der Waals surface area (Å²) in [6.07, 6.45) is 8.18. The van der Waals surface area contributed by atoms with E-state index in [1.165, 1.54) is 6.42 Å². The summed E-state index contributed by atoms with van der Waals surface area (Å²) in [7, 11) is 0. The number of aromatic amines is 1. The van der Waals surface area contributed by atoms with Crippen molar-refractivity contribution in [2.24, 2.45) is 11.8 Å². The topological polar surface area (TPSA) is 74.8 Å². The molecule has 0 bridgehead atoms. The number of amides is 1. The maximum Gasteiger partial charge on any atom is 0.225 e. The van der Waals surface area contributed by atoms with Gasteiger partial charge in [-0.2, -0.15) is 0 Å². The Hall–Kier alpha value is -2.24. The van der Waals surface area contributed by atoms with Gasteiger partial charge < -0.3 is 9.88 Å². The number of H-pyrrole nitrogens is 1. The first-order valence-electron chi connectivity index (χ1n) is 9.74. The van der Waals surface area contributed by atoms with Gasteiger partial charge in [-0.3, -0.25) is 4.79 Å². The monoisotopic (exact) mass is 353 g/mol. The first-order valence-corrected chi connectivity index (χ1v) is 9.74. The van der Waals surface area contributed by atoms with Gasteiger partial charge in [-0.25, -0.2) is 15.0 Å². The number of carbonyl (C=O) groups is 1. The normalized spacial score (nSPS) is 18.8. The Balaban J connectivity index is 1.39. The van der Waals surface area contributed by atoms with Gasteiger partial charge in [-0.15, -0.1) is 0 Å². The number of aryl methyl sites for hydroxylation is 2. The summed E-state index contributed by atoms with van der Waals surface area (Å²) in [4.78, 5) is 31.5. The molecule has 0 aromatic carbocycles. The second kappa shape index (κ2) is 7.17. The maximum atomic E-state index is 12.4. The van der Waals surface area contributed by atoms with Crippen molar-refractivity contribution in [1.29, 1.82) is 0 Å². The number of hydrogen-bond donors (Lipinski definition) is 1. The Labute approximate surface area is 154 Å². The zero-order valence-electron chi connectivity index (χ0n) is 15.7. The standard InChI is InChI=1S/C20H27N5O/c1-13-10-17(19-21-12-14(2)23-19)24-18(22-13)11-15-6-8-25(9-7-15)20(26)16-4-3-5-16/h10,12,15-16H,3-9,11H2,1-2H3,(H,21,23). The molecule has 1 N–H and O–H groups in total. The van der Waals surface area contributed by atoms with E-state index in [1.807, 2.05) is 26.1 Å². The third-order valence-corrected chi connectivity index (χ3v) is 5.70. The number of imidazole rings is 1. The van der Waals surface area contributed by atoms with Crippen LogP contribution in [0.2, 0.25) is 0 Å². The summed E-state index contributed by atoms with van der Waals surface area (Å²) >= 11 is 0. The summed E-state index contributed by atoms with van der Waals surface area (Å²) in [6.45, 7) is 5.76. The van der Waals surface area contributed by atoms with Crippen LogP contribution < -0.4 is 0 Å². The van der Waals surface area contributed by atoms with Crippen LogP contribution in [0.1, 0.15) is 49.3 Å². The fraction of sp³-hybridized carbons (Fsp3) is 0.600. The Kier molecular flexibility index (Phi) is 4.74. The SMILES string of the molecule is Cc1cc(-c2ncc(C)[nH]2)nc(CC2CCN(C(=O)C3CCC3)CC2)n1. The van der Waals surface area contributed by atoms with Gasteiger partial charge in [0.05, 0.1) is 0 Å². The van der Waals surface area contributed by atoms with Crippen LogP contribution in [0.25, 0.3) is 11.5 Å². The lowest BCUT2D eigenvalue weighted by Gasteiger charge is -2.36. The third kappa shape index (κ3) is 3.64. The van der Waals surface area contributed by atoms with Gasteiger partial charge >= 0.3 is 0 Å². The van der Waals surface area contributed by atoms with E-state index >= 15 is 0 Å². The predicted molar refractivity (Wildman–Crippen MR) is 99.4 cm³/mol. The molecule has 1 amide bonds. The van der Waals surface area contributed by atoms with Gasteiger partial charge in [0, 0.05) is 43.0 Å². The van der Waals surface area contributed by atoms with Gasteiger partial charge in [0.15, 0.2) is 5.82 Å². The molecule has 1 aliphatic heterocycles. The molecule has 0 spiro atoms. The van der Waals surface area contributed by atoms with Gasteiger partial charge in [-0.05, 0) is 51.5 Å². The van der Waals surface area contributed by atoms with Crippen LogP contribution >= 0.6 is 0 Å². The summed E-state index contributed by atoms with van der Waals surface area (Å²) in [5, 5.41) is 0. The number of likely N-dealkylation sites (tertiary alicyclic amines) is 1. The Morgan fingerprint density at radius 3 is 2.58 bits per heavy atom. The summed E-state index contributed by atoms with van der Waals surface area (Å²) in [5.41, 5.74) is 2.86. The molecular formula is C20H27N5O. The van der Waals surface area contributed by atoms with Crippen molar-refractivity contribution in [3.63, 3.8) is 0 Å². The lowest BCUT2D eigenvalue weighted by Crippen LogP contribution is -2.43. The van der Waals surface area contributed by atoms with Crippen molar-refractivity contribution >= 4 is 5.91 Å². The molecule has 1 saturated carbocycles. The zero-order chi connectivity index (χ0) is 18.1. The highest BCUT2D eigenvalue weighted by atomic mass is 16.2. The molecule has 0 atom stereocenters. The highest BCUT2D eigenvalue weighted by Gasteiger charge is 2.31.